The predicted octanol–water partition coefficient (Wildman–Crippen LogP) is 2.97. The van der Waals surface area contributed by atoms with Crippen molar-refractivity contribution < 1.29 is 15.3 Å². The van der Waals surface area contributed by atoms with Gasteiger partial charge in [-0.05, 0) is 72.8 Å². The molecular formula is C21H20N4O3S. The van der Waals surface area contributed by atoms with Gasteiger partial charge >= 0.3 is 0 Å². The first-order valence-electron chi connectivity index (χ1n) is 8.14. The first-order valence-corrected chi connectivity index (χ1v) is 8.55. The fourth-order valence-electron chi connectivity index (χ4n) is 1.80. The maximum absolute atomic E-state index is 8.85. The molecule has 0 atom stereocenters. The van der Waals surface area contributed by atoms with Crippen LogP contribution >= 0.6 is 12.2 Å². The zero-order valence-corrected chi connectivity index (χ0v) is 16.1. The smallest absolute Gasteiger partial charge is 0.122 e. The third kappa shape index (κ3) is 8.90. The van der Waals surface area contributed by atoms with Crippen molar-refractivity contribution in [3.8, 4) is 23.3 Å². The van der Waals surface area contributed by atoms with E-state index in [0.717, 1.165) is 5.56 Å². The summed E-state index contributed by atoms with van der Waals surface area (Å²) in [5.41, 5.74) is 12.4. The van der Waals surface area contributed by atoms with Crippen LogP contribution in [0.5, 0.6) is 17.2 Å². The van der Waals surface area contributed by atoms with Crippen molar-refractivity contribution in [2.45, 2.75) is 0 Å². The Bertz CT molecular complexity index is 925. The Kier molecular flexibility index (Phi) is 9.17. The van der Waals surface area contributed by atoms with Gasteiger partial charge in [-0.3, -0.25) is 5.41 Å². The van der Waals surface area contributed by atoms with Gasteiger partial charge in [0.2, 0.25) is 0 Å². The summed E-state index contributed by atoms with van der Waals surface area (Å²) < 4.78 is 0. The number of benzene rings is 3. The molecule has 3 aromatic carbocycles. The second-order valence-corrected chi connectivity index (χ2v) is 5.97. The minimum absolute atomic E-state index is 0.0139. The summed E-state index contributed by atoms with van der Waals surface area (Å²) in [5, 5.41) is 41.7. The highest BCUT2D eigenvalue weighted by molar-refractivity contribution is 7.80. The second-order valence-electron chi connectivity index (χ2n) is 5.53. The van der Waals surface area contributed by atoms with Gasteiger partial charge in [0, 0.05) is 11.1 Å². The molecule has 0 unspecified atom stereocenters. The Balaban J connectivity index is 0.000000218. The van der Waals surface area contributed by atoms with Crippen LogP contribution < -0.4 is 11.5 Å². The lowest BCUT2D eigenvalue weighted by Crippen LogP contribution is -2.10. The Morgan fingerprint density at radius 3 is 1.38 bits per heavy atom. The number of phenols is 3. The molecule has 0 saturated carbocycles. The molecule has 8 heteroatoms. The van der Waals surface area contributed by atoms with E-state index in [1.165, 1.54) is 24.3 Å². The van der Waals surface area contributed by atoms with Crippen LogP contribution in [0, 0.1) is 16.7 Å². The fourth-order valence-corrected chi connectivity index (χ4v) is 1.94. The summed E-state index contributed by atoms with van der Waals surface area (Å²) in [6.45, 7) is 0. The number of nitriles is 1. The summed E-state index contributed by atoms with van der Waals surface area (Å²) in [6.07, 6.45) is 0. The largest absolute Gasteiger partial charge is 0.508 e. The van der Waals surface area contributed by atoms with Gasteiger partial charge in [0.1, 0.15) is 28.1 Å². The standard InChI is InChI=1S/C7H8N2O.C7H7NOS.C7H5NO/c8-7(9)5-1-3-6(10)4-2-5;8-7(10)5-1-3-6(9)4-2-5;8-5-6-1-3-7(9)4-2-6/h1-4,10H,(H3,8,9);1-4,9H,(H2,8,10);1-4,9H. The van der Waals surface area contributed by atoms with Crippen LogP contribution in [0.25, 0.3) is 0 Å². The van der Waals surface area contributed by atoms with Crippen LogP contribution in [-0.4, -0.2) is 26.1 Å². The Morgan fingerprint density at radius 2 is 1.07 bits per heavy atom. The maximum Gasteiger partial charge on any atom is 0.122 e. The lowest BCUT2D eigenvalue weighted by Gasteiger charge is -1.95. The molecule has 148 valence electrons. The molecule has 0 aliphatic carbocycles. The molecule has 0 heterocycles. The third-order valence-electron chi connectivity index (χ3n) is 3.33. The van der Waals surface area contributed by atoms with E-state index in [0.29, 0.717) is 16.1 Å². The zero-order chi connectivity index (χ0) is 21.8. The quantitative estimate of drug-likeness (QED) is 0.216. The fraction of sp³-hybridized carbons (Fsp3) is 0. The van der Waals surface area contributed by atoms with E-state index in [1.54, 1.807) is 48.5 Å². The normalized spacial score (nSPS) is 8.93. The third-order valence-corrected chi connectivity index (χ3v) is 3.56. The molecule has 0 spiro atoms. The summed E-state index contributed by atoms with van der Waals surface area (Å²) in [7, 11) is 0. The highest BCUT2D eigenvalue weighted by atomic mass is 32.1. The number of phenolic OH excluding ortho intramolecular Hbond substituents is 3. The molecule has 3 rings (SSSR count). The number of hydrogen-bond donors (Lipinski definition) is 6. The van der Waals surface area contributed by atoms with Crippen molar-refractivity contribution >= 4 is 23.0 Å². The summed E-state index contributed by atoms with van der Waals surface area (Å²) >= 11 is 4.70. The van der Waals surface area contributed by atoms with E-state index in [4.69, 9.17) is 49.7 Å². The molecule has 0 amide bonds. The summed E-state index contributed by atoms with van der Waals surface area (Å²) in [6, 6.07) is 20.7. The number of thiocarbonyl (C=S) groups is 1. The molecule has 0 bridgehead atoms. The summed E-state index contributed by atoms with van der Waals surface area (Å²) in [4.78, 5) is 0.347. The van der Waals surface area contributed by atoms with Crippen molar-refractivity contribution in [3.05, 3.63) is 89.5 Å². The number of aromatic hydroxyl groups is 3. The molecule has 7 nitrogen and oxygen atoms in total. The molecule has 0 aliphatic heterocycles. The molecule has 8 N–H and O–H groups in total. The van der Waals surface area contributed by atoms with Crippen LogP contribution in [0.1, 0.15) is 16.7 Å². The van der Waals surface area contributed by atoms with Gasteiger partial charge in [0.15, 0.2) is 0 Å². The number of amidine groups is 1. The highest BCUT2D eigenvalue weighted by Gasteiger charge is 1.94. The average molecular weight is 408 g/mol. The maximum atomic E-state index is 8.85. The van der Waals surface area contributed by atoms with Crippen molar-refractivity contribution in [1.29, 1.82) is 10.7 Å². The molecule has 0 fully saturated rings. The first-order chi connectivity index (χ1) is 13.7. The van der Waals surface area contributed by atoms with Gasteiger partial charge in [-0.15, -0.1) is 0 Å². The van der Waals surface area contributed by atoms with Crippen LogP contribution in [0.15, 0.2) is 72.8 Å². The van der Waals surface area contributed by atoms with Crippen molar-refractivity contribution in [2.75, 3.05) is 0 Å². The lowest BCUT2D eigenvalue weighted by atomic mass is 10.2. The Labute approximate surface area is 173 Å². The van der Waals surface area contributed by atoms with Gasteiger partial charge in [-0.2, -0.15) is 5.26 Å². The average Bonchev–Trinajstić information content (AvgIpc) is 2.70. The van der Waals surface area contributed by atoms with E-state index in [9.17, 15) is 0 Å². The second kappa shape index (κ2) is 11.6. The molecule has 29 heavy (non-hydrogen) atoms. The van der Waals surface area contributed by atoms with Crippen LogP contribution in [0.3, 0.4) is 0 Å². The number of nitrogen functional groups attached to an aromatic ring is 1. The predicted molar refractivity (Wildman–Crippen MR) is 116 cm³/mol. The summed E-state index contributed by atoms with van der Waals surface area (Å²) in [5.74, 6) is 0.610. The first kappa shape index (κ1) is 23.0. The van der Waals surface area contributed by atoms with Crippen molar-refractivity contribution in [3.63, 3.8) is 0 Å². The number of rotatable bonds is 2. The minimum atomic E-state index is 0.0139. The van der Waals surface area contributed by atoms with E-state index in [2.05, 4.69) is 0 Å². The molecule has 0 aliphatic rings. The Morgan fingerprint density at radius 1 is 0.724 bits per heavy atom. The molecule has 3 aromatic rings. The van der Waals surface area contributed by atoms with Crippen LogP contribution in [-0.2, 0) is 0 Å². The van der Waals surface area contributed by atoms with Gasteiger partial charge in [-0.1, -0.05) is 12.2 Å². The molecule has 0 aromatic heterocycles. The van der Waals surface area contributed by atoms with Crippen LogP contribution in [0.2, 0.25) is 0 Å². The van der Waals surface area contributed by atoms with E-state index in [1.807, 2.05) is 6.07 Å². The zero-order valence-electron chi connectivity index (χ0n) is 15.3. The van der Waals surface area contributed by atoms with Gasteiger partial charge in [0.25, 0.3) is 0 Å². The molecule has 0 radical (unpaired) electrons. The van der Waals surface area contributed by atoms with E-state index >= 15 is 0 Å². The molecular weight excluding hydrogens is 388 g/mol. The van der Waals surface area contributed by atoms with Gasteiger partial charge < -0.3 is 26.8 Å². The lowest BCUT2D eigenvalue weighted by molar-refractivity contribution is 0.474. The number of nitrogens with zero attached hydrogens (tertiary/aromatic N) is 1. The van der Waals surface area contributed by atoms with Crippen molar-refractivity contribution in [1.82, 2.24) is 0 Å². The van der Waals surface area contributed by atoms with Crippen molar-refractivity contribution in [2.24, 2.45) is 11.5 Å². The minimum Gasteiger partial charge on any atom is -0.508 e. The van der Waals surface area contributed by atoms with Gasteiger partial charge in [0.05, 0.1) is 11.6 Å². The Hall–Kier alpha value is -4.09. The highest BCUT2D eigenvalue weighted by Crippen LogP contribution is 2.09. The van der Waals surface area contributed by atoms with Gasteiger partial charge in [-0.25, -0.2) is 0 Å². The number of hydrogen-bond acceptors (Lipinski definition) is 6. The number of nitrogens with two attached hydrogens (primary N) is 2. The van der Waals surface area contributed by atoms with E-state index < -0.39 is 0 Å². The van der Waals surface area contributed by atoms with Crippen LogP contribution in [0.4, 0.5) is 0 Å². The monoisotopic (exact) mass is 408 g/mol. The van der Waals surface area contributed by atoms with E-state index in [-0.39, 0.29) is 23.1 Å². The number of nitrogens with one attached hydrogen (secondary N) is 1. The SMILES string of the molecule is N#Cc1ccc(O)cc1.N=C(N)c1ccc(O)cc1.NC(=S)c1ccc(O)cc1. The topological polar surface area (TPSA) is 160 Å². The molecule has 0 saturated heterocycles.